The van der Waals surface area contributed by atoms with E-state index in [-0.39, 0.29) is 24.5 Å². The highest BCUT2D eigenvalue weighted by atomic mass is 32.1. The minimum atomic E-state index is -0.656. The molecule has 1 atom stereocenters. The van der Waals surface area contributed by atoms with Crippen LogP contribution in [0.4, 0.5) is 5.69 Å². The zero-order valence-electron chi connectivity index (χ0n) is 21.8. The fourth-order valence-electron chi connectivity index (χ4n) is 4.53. The molecule has 4 aromatic rings. The van der Waals surface area contributed by atoms with Crippen LogP contribution in [0.1, 0.15) is 36.6 Å². The standard InChI is InChI=1S/C30H25N3O6S/c1-3-38-29(35)26-19(2)31-30-32(27(26)21-9-5-4-6-10-21)28(34)25(40-30)17-20-13-15-23(16-14-20)39-18-22-11-7-8-12-24(22)33(36)37/h4-17,27H,3,18H2,1-2H3/b25-17+. The fraction of sp³-hybridized carbons (Fsp3) is 0.167. The van der Waals surface area contributed by atoms with Gasteiger partial charge in [0.15, 0.2) is 4.80 Å². The summed E-state index contributed by atoms with van der Waals surface area (Å²) in [5.41, 5.74) is 2.62. The maximum Gasteiger partial charge on any atom is 0.338 e. The van der Waals surface area contributed by atoms with Gasteiger partial charge in [0.2, 0.25) is 0 Å². The predicted molar refractivity (Wildman–Crippen MR) is 151 cm³/mol. The first-order chi connectivity index (χ1) is 19.4. The molecule has 2 heterocycles. The molecule has 0 amide bonds. The van der Waals surface area contributed by atoms with Crippen molar-refractivity contribution in [2.24, 2.45) is 4.99 Å². The summed E-state index contributed by atoms with van der Waals surface area (Å²) in [6.45, 7) is 3.75. The summed E-state index contributed by atoms with van der Waals surface area (Å²) in [5, 5.41) is 11.2. The van der Waals surface area contributed by atoms with Crippen LogP contribution in [0.2, 0.25) is 0 Å². The number of hydrogen-bond donors (Lipinski definition) is 0. The lowest BCUT2D eigenvalue weighted by atomic mass is 9.96. The highest BCUT2D eigenvalue weighted by Gasteiger charge is 2.33. The summed E-state index contributed by atoms with van der Waals surface area (Å²) >= 11 is 1.25. The highest BCUT2D eigenvalue weighted by molar-refractivity contribution is 7.07. The molecule has 10 heteroatoms. The monoisotopic (exact) mass is 555 g/mol. The van der Waals surface area contributed by atoms with Gasteiger partial charge in [0.05, 0.1) is 38.9 Å². The Kier molecular flexibility index (Phi) is 7.70. The number of allylic oxidation sites excluding steroid dienone is 1. The SMILES string of the molecule is CCOC(=O)C1=C(C)N=c2s/c(=C/c3ccc(OCc4ccccc4[N+](=O)[O-])cc3)c(=O)n2C1c1ccccc1. The van der Waals surface area contributed by atoms with Crippen molar-refractivity contribution < 1.29 is 19.2 Å². The van der Waals surface area contributed by atoms with Gasteiger partial charge < -0.3 is 9.47 Å². The summed E-state index contributed by atoms with van der Waals surface area (Å²) < 4.78 is 13.1. The molecule has 1 aliphatic rings. The molecule has 0 spiro atoms. The van der Waals surface area contributed by atoms with Crippen molar-refractivity contribution in [3.8, 4) is 5.75 Å². The first-order valence-corrected chi connectivity index (χ1v) is 13.4. The number of rotatable bonds is 8. The smallest absolute Gasteiger partial charge is 0.338 e. The van der Waals surface area contributed by atoms with Gasteiger partial charge in [-0.15, -0.1) is 0 Å². The largest absolute Gasteiger partial charge is 0.489 e. The summed E-state index contributed by atoms with van der Waals surface area (Å²) in [4.78, 5) is 42.5. The van der Waals surface area contributed by atoms with Crippen molar-refractivity contribution in [2.45, 2.75) is 26.5 Å². The average molecular weight is 556 g/mol. The van der Waals surface area contributed by atoms with Crippen LogP contribution in [0.15, 0.2) is 99.9 Å². The van der Waals surface area contributed by atoms with E-state index in [4.69, 9.17) is 9.47 Å². The molecule has 5 rings (SSSR count). The van der Waals surface area contributed by atoms with Crippen LogP contribution in [-0.2, 0) is 16.1 Å². The molecule has 0 saturated carbocycles. The normalized spacial score (nSPS) is 14.8. The minimum absolute atomic E-state index is 0.00431. The van der Waals surface area contributed by atoms with Crippen LogP contribution in [0, 0.1) is 10.1 Å². The third-order valence-corrected chi connectivity index (χ3v) is 7.38. The van der Waals surface area contributed by atoms with Crippen LogP contribution in [0.25, 0.3) is 6.08 Å². The highest BCUT2D eigenvalue weighted by Crippen LogP contribution is 2.30. The molecule has 0 aliphatic carbocycles. The number of carbonyl (C=O) groups excluding carboxylic acids is 1. The lowest BCUT2D eigenvalue weighted by Crippen LogP contribution is -2.39. The van der Waals surface area contributed by atoms with Gasteiger partial charge in [-0.25, -0.2) is 9.79 Å². The second-order valence-corrected chi connectivity index (χ2v) is 9.97. The van der Waals surface area contributed by atoms with Crippen molar-refractivity contribution in [3.05, 3.63) is 137 Å². The quantitative estimate of drug-likeness (QED) is 0.182. The van der Waals surface area contributed by atoms with Gasteiger partial charge in [-0.3, -0.25) is 19.5 Å². The lowest BCUT2D eigenvalue weighted by Gasteiger charge is -2.24. The Hall–Kier alpha value is -4.83. The molecule has 0 saturated heterocycles. The van der Waals surface area contributed by atoms with Gasteiger partial charge in [0, 0.05) is 6.07 Å². The number of hydrogen-bond acceptors (Lipinski definition) is 8. The topological polar surface area (TPSA) is 113 Å². The molecule has 1 unspecified atom stereocenters. The van der Waals surface area contributed by atoms with Crippen molar-refractivity contribution in [3.63, 3.8) is 0 Å². The molecule has 1 aliphatic heterocycles. The van der Waals surface area contributed by atoms with Gasteiger partial charge in [-0.2, -0.15) is 0 Å². The Morgan fingerprint density at radius 3 is 2.48 bits per heavy atom. The Balaban J connectivity index is 1.46. The molecule has 0 fully saturated rings. The Morgan fingerprint density at radius 2 is 1.77 bits per heavy atom. The Labute approximate surface area is 233 Å². The Morgan fingerprint density at radius 1 is 1.07 bits per heavy atom. The Bertz CT molecular complexity index is 1790. The van der Waals surface area contributed by atoms with Gasteiger partial charge in [-0.05, 0) is 49.2 Å². The number of esters is 1. The van der Waals surface area contributed by atoms with Crippen molar-refractivity contribution in [1.82, 2.24) is 4.57 Å². The van der Waals surface area contributed by atoms with E-state index >= 15 is 0 Å². The van der Waals surface area contributed by atoms with Crippen LogP contribution >= 0.6 is 11.3 Å². The first-order valence-electron chi connectivity index (χ1n) is 12.6. The fourth-order valence-corrected chi connectivity index (χ4v) is 5.57. The van der Waals surface area contributed by atoms with Gasteiger partial charge in [-0.1, -0.05) is 65.9 Å². The van der Waals surface area contributed by atoms with Gasteiger partial charge >= 0.3 is 5.97 Å². The number of nitro benzene ring substituents is 1. The van der Waals surface area contributed by atoms with Crippen LogP contribution in [0.5, 0.6) is 5.75 Å². The van der Waals surface area contributed by atoms with E-state index in [1.54, 1.807) is 67.0 Å². The van der Waals surface area contributed by atoms with E-state index in [1.165, 1.54) is 17.4 Å². The average Bonchev–Trinajstić information content (AvgIpc) is 3.26. The third-order valence-electron chi connectivity index (χ3n) is 6.39. The summed E-state index contributed by atoms with van der Waals surface area (Å²) in [6, 6.07) is 22.2. The second-order valence-electron chi connectivity index (χ2n) is 8.96. The number of nitrogens with zero attached hydrogens (tertiary/aromatic N) is 3. The lowest BCUT2D eigenvalue weighted by molar-refractivity contribution is -0.385. The molecular weight excluding hydrogens is 530 g/mol. The summed E-state index contributed by atoms with van der Waals surface area (Å²) in [5.74, 6) is 0.0406. The number of benzene rings is 3. The predicted octanol–water partition coefficient (Wildman–Crippen LogP) is 4.29. The van der Waals surface area contributed by atoms with Crippen molar-refractivity contribution in [2.75, 3.05) is 6.61 Å². The molecule has 202 valence electrons. The van der Waals surface area contributed by atoms with Crippen molar-refractivity contribution >= 4 is 29.1 Å². The number of carbonyl (C=O) groups is 1. The van der Waals surface area contributed by atoms with Crippen LogP contribution < -0.4 is 19.6 Å². The van der Waals surface area contributed by atoms with E-state index in [0.717, 1.165) is 11.1 Å². The second kappa shape index (κ2) is 11.5. The molecule has 40 heavy (non-hydrogen) atoms. The zero-order valence-corrected chi connectivity index (χ0v) is 22.6. The van der Waals surface area contributed by atoms with E-state index in [9.17, 15) is 19.7 Å². The molecule has 0 N–H and O–H groups in total. The van der Waals surface area contributed by atoms with Crippen molar-refractivity contribution in [1.29, 1.82) is 0 Å². The first kappa shape index (κ1) is 26.8. The number of fused-ring (bicyclic) bond motifs is 1. The van der Waals surface area contributed by atoms with Gasteiger partial charge in [0.25, 0.3) is 11.2 Å². The van der Waals surface area contributed by atoms with E-state index in [0.29, 0.717) is 31.9 Å². The number of para-hydroxylation sites is 1. The van der Waals surface area contributed by atoms with Gasteiger partial charge in [0.1, 0.15) is 12.4 Å². The number of nitro groups is 1. The summed E-state index contributed by atoms with van der Waals surface area (Å²) in [6.07, 6.45) is 1.76. The minimum Gasteiger partial charge on any atom is -0.489 e. The molecule has 0 radical (unpaired) electrons. The molecule has 3 aromatic carbocycles. The number of aromatic nitrogens is 1. The van der Waals surface area contributed by atoms with E-state index in [2.05, 4.69) is 4.99 Å². The van der Waals surface area contributed by atoms with E-state index < -0.39 is 16.9 Å². The zero-order chi connectivity index (χ0) is 28.2. The molecule has 0 bridgehead atoms. The van der Waals surface area contributed by atoms with E-state index in [1.807, 2.05) is 30.3 Å². The molecular formula is C30H25N3O6S. The van der Waals surface area contributed by atoms with Crippen LogP contribution in [0.3, 0.4) is 0 Å². The molecule has 9 nitrogen and oxygen atoms in total. The summed E-state index contributed by atoms with van der Waals surface area (Å²) in [7, 11) is 0. The number of ether oxygens (including phenoxy) is 2. The van der Waals surface area contributed by atoms with Crippen LogP contribution in [-0.4, -0.2) is 22.1 Å². The maximum atomic E-state index is 13.7. The molecule has 1 aromatic heterocycles. The maximum absolute atomic E-state index is 13.7. The number of thiazole rings is 1. The third kappa shape index (κ3) is 5.34.